The maximum Gasteiger partial charge on any atom is 0.233 e. The first-order chi connectivity index (χ1) is 11.9. The number of carbonyl (C=O) groups is 1. The minimum absolute atomic E-state index is 0.00261. The molecule has 0 saturated heterocycles. The first kappa shape index (κ1) is 17.5. The summed E-state index contributed by atoms with van der Waals surface area (Å²) < 4.78 is 6.64. The SMILES string of the molecule is COc1cc(C(=O)Cc2cccc([C@]3(C)CCSC(N)=N3)c2)n(C)n1. The van der Waals surface area contributed by atoms with Gasteiger partial charge in [0, 0.05) is 25.3 Å². The number of ketones is 1. The predicted molar refractivity (Wildman–Crippen MR) is 100 cm³/mol. The highest BCUT2D eigenvalue weighted by molar-refractivity contribution is 8.13. The third kappa shape index (κ3) is 3.71. The van der Waals surface area contributed by atoms with Crippen LogP contribution in [0.25, 0.3) is 0 Å². The van der Waals surface area contributed by atoms with Crippen LogP contribution in [-0.4, -0.2) is 33.6 Å². The fourth-order valence-electron chi connectivity index (χ4n) is 2.99. The summed E-state index contributed by atoms with van der Waals surface area (Å²) in [4.78, 5) is 17.2. The van der Waals surface area contributed by atoms with Gasteiger partial charge < -0.3 is 10.5 Å². The van der Waals surface area contributed by atoms with Crippen LogP contribution < -0.4 is 10.5 Å². The van der Waals surface area contributed by atoms with Crippen LogP contribution in [0, 0.1) is 0 Å². The summed E-state index contributed by atoms with van der Waals surface area (Å²) in [6, 6.07) is 9.70. The molecule has 0 fully saturated rings. The van der Waals surface area contributed by atoms with Crippen molar-refractivity contribution < 1.29 is 9.53 Å². The number of carbonyl (C=O) groups excluding carboxylic acids is 1. The Balaban J connectivity index is 1.83. The number of aromatic nitrogens is 2. The number of nitrogens with zero attached hydrogens (tertiary/aromatic N) is 3. The summed E-state index contributed by atoms with van der Waals surface area (Å²) in [5, 5.41) is 4.76. The van der Waals surface area contributed by atoms with Crippen molar-refractivity contribution >= 4 is 22.7 Å². The zero-order valence-corrected chi connectivity index (χ0v) is 15.5. The molecule has 1 aromatic heterocycles. The highest BCUT2D eigenvalue weighted by Crippen LogP contribution is 2.35. The predicted octanol–water partition coefficient (Wildman–Crippen LogP) is 2.52. The van der Waals surface area contributed by atoms with Crippen molar-refractivity contribution in [1.82, 2.24) is 9.78 Å². The number of nitrogens with two attached hydrogens (primary N) is 1. The van der Waals surface area contributed by atoms with E-state index in [9.17, 15) is 4.79 Å². The van der Waals surface area contributed by atoms with E-state index < -0.39 is 0 Å². The lowest BCUT2D eigenvalue weighted by atomic mass is 9.88. The lowest BCUT2D eigenvalue weighted by molar-refractivity contribution is 0.0984. The first-order valence-electron chi connectivity index (χ1n) is 8.10. The Labute approximate surface area is 151 Å². The van der Waals surface area contributed by atoms with Crippen molar-refractivity contribution in [3.63, 3.8) is 0 Å². The van der Waals surface area contributed by atoms with Gasteiger partial charge in [0.15, 0.2) is 11.0 Å². The van der Waals surface area contributed by atoms with E-state index in [-0.39, 0.29) is 11.3 Å². The number of methoxy groups -OCH3 is 1. The average molecular weight is 358 g/mol. The summed E-state index contributed by atoms with van der Waals surface area (Å²) in [5.41, 5.74) is 8.16. The first-order valence-corrected chi connectivity index (χ1v) is 9.08. The van der Waals surface area contributed by atoms with Crippen LogP contribution in [-0.2, 0) is 19.0 Å². The van der Waals surface area contributed by atoms with Crippen molar-refractivity contribution in [1.29, 1.82) is 0 Å². The van der Waals surface area contributed by atoms with Crippen molar-refractivity contribution in [3.8, 4) is 5.88 Å². The van der Waals surface area contributed by atoms with Crippen molar-refractivity contribution in [3.05, 3.63) is 47.2 Å². The van der Waals surface area contributed by atoms with Gasteiger partial charge >= 0.3 is 0 Å². The Morgan fingerprint density at radius 1 is 1.44 bits per heavy atom. The monoisotopic (exact) mass is 358 g/mol. The molecule has 0 unspecified atom stereocenters. The zero-order chi connectivity index (χ0) is 18.0. The zero-order valence-electron chi connectivity index (χ0n) is 14.7. The number of amidine groups is 1. The summed E-state index contributed by atoms with van der Waals surface area (Å²) in [6.45, 7) is 2.09. The minimum Gasteiger partial charge on any atom is -0.480 e. The molecule has 0 spiro atoms. The van der Waals surface area contributed by atoms with E-state index in [1.165, 1.54) is 7.11 Å². The molecular weight excluding hydrogens is 336 g/mol. The second-order valence-corrected chi connectivity index (χ2v) is 7.43. The minimum atomic E-state index is -0.329. The van der Waals surface area contributed by atoms with Crippen molar-refractivity contribution in [2.75, 3.05) is 12.9 Å². The van der Waals surface area contributed by atoms with Crippen LogP contribution >= 0.6 is 11.8 Å². The maximum atomic E-state index is 12.6. The number of Topliss-reactive ketones (excluding diaryl/α,β-unsaturated/α-hetero) is 1. The van der Waals surface area contributed by atoms with Gasteiger partial charge in [-0.2, -0.15) is 0 Å². The van der Waals surface area contributed by atoms with Crippen LogP contribution in [0.4, 0.5) is 0 Å². The largest absolute Gasteiger partial charge is 0.480 e. The van der Waals surface area contributed by atoms with E-state index in [1.54, 1.807) is 29.6 Å². The number of hydrogen-bond acceptors (Lipinski definition) is 6. The van der Waals surface area contributed by atoms with E-state index in [4.69, 9.17) is 10.5 Å². The number of benzene rings is 1. The molecule has 7 heteroatoms. The van der Waals surface area contributed by atoms with Crippen LogP contribution in [0.15, 0.2) is 35.3 Å². The summed E-state index contributed by atoms with van der Waals surface area (Å²) in [7, 11) is 3.28. The molecule has 3 rings (SSSR count). The maximum absolute atomic E-state index is 12.6. The Morgan fingerprint density at radius 2 is 2.24 bits per heavy atom. The fourth-order valence-corrected chi connectivity index (χ4v) is 3.96. The van der Waals surface area contributed by atoms with E-state index in [1.807, 2.05) is 18.2 Å². The van der Waals surface area contributed by atoms with Gasteiger partial charge in [0.2, 0.25) is 5.88 Å². The molecule has 1 aliphatic rings. The highest BCUT2D eigenvalue weighted by atomic mass is 32.2. The molecule has 2 N–H and O–H groups in total. The topological polar surface area (TPSA) is 82.5 Å². The number of aliphatic imine (C=N–C) groups is 1. The van der Waals surface area contributed by atoms with E-state index >= 15 is 0 Å². The van der Waals surface area contributed by atoms with Crippen LogP contribution in [0.1, 0.15) is 35.0 Å². The molecule has 0 saturated carbocycles. The van der Waals surface area contributed by atoms with E-state index in [2.05, 4.69) is 23.1 Å². The molecule has 0 aliphatic carbocycles. The smallest absolute Gasteiger partial charge is 0.233 e. The van der Waals surface area contributed by atoms with Gasteiger partial charge in [-0.25, -0.2) is 0 Å². The highest BCUT2D eigenvalue weighted by Gasteiger charge is 2.29. The Kier molecular flexibility index (Phi) is 4.85. The average Bonchev–Trinajstić information content (AvgIpc) is 2.96. The Bertz CT molecular complexity index is 830. The lowest BCUT2D eigenvalue weighted by Crippen LogP contribution is -2.28. The molecule has 132 valence electrons. The van der Waals surface area contributed by atoms with Gasteiger partial charge in [-0.15, -0.1) is 5.10 Å². The molecule has 0 radical (unpaired) electrons. The third-order valence-corrected chi connectivity index (χ3v) is 5.26. The number of ether oxygens (including phenoxy) is 1. The number of thioether (sulfide) groups is 1. The summed E-state index contributed by atoms with van der Waals surface area (Å²) >= 11 is 1.59. The molecular formula is C18H22N4O2S. The fraction of sp³-hybridized carbons (Fsp3) is 0.389. The van der Waals surface area contributed by atoms with Crippen LogP contribution in [0.2, 0.25) is 0 Å². The van der Waals surface area contributed by atoms with Gasteiger partial charge in [0.05, 0.1) is 12.6 Å². The number of rotatable bonds is 5. The van der Waals surface area contributed by atoms with Gasteiger partial charge in [0.25, 0.3) is 0 Å². The molecule has 25 heavy (non-hydrogen) atoms. The van der Waals surface area contributed by atoms with Crippen molar-refractivity contribution in [2.45, 2.75) is 25.3 Å². The van der Waals surface area contributed by atoms with Crippen molar-refractivity contribution in [2.24, 2.45) is 17.8 Å². The Hall–Kier alpha value is -2.28. The molecule has 1 atom stereocenters. The molecule has 0 amide bonds. The van der Waals surface area contributed by atoms with E-state index in [0.717, 1.165) is 23.3 Å². The van der Waals surface area contributed by atoms with Gasteiger partial charge in [0.1, 0.15) is 5.69 Å². The van der Waals surface area contributed by atoms with Crippen LogP contribution in [0.3, 0.4) is 0 Å². The second-order valence-electron chi connectivity index (χ2n) is 6.32. The lowest BCUT2D eigenvalue weighted by Gasteiger charge is -2.30. The van der Waals surface area contributed by atoms with Gasteiger partial charge in [-0.1, -0.05) is 36.0 Å². The van der Waals surface area contributed by atoms with Gasteiger partial charge in [-0.05, 0) is 24.5 Å². The normalized spacial score (nSPS) is 20.2. The molecule has 2 aromatic rings. The summed E-state index contributed by atoms with van der Waals surface area (Å²) in [5.74, 6) is 1.39. The van der Waals surface area contributed by atoms with Gasteiger partial charge in [-0.3, -0.25) is 14.5 Å². The number of aryl methyl sites for hydroxylation is 1. The molecule has 1 aromatic carbocycles. The Morgan fingerprint density at radius 3 is 2.92 bits per heavy atom. The van der Waals surface area contributed by atoms with Crippen LogP contribution in [0.5, 0.6) is 5.88 Å². The number of hydrogen-bond donors (Lipinski definition) is 1. The summed E-state index contributed by atoms with van der Waals surface area (Å²) in [6.07, 6.45) is 1.23. The second kappa shape index (κ2) is 6.92. The molecule has 6 nitrogen and oxygen atoms in total. The molecule has 0 bridgehead atoms. The van der Waals surface area contributed by atoms with E-state index in [0.29, 0.717) is 23.2 Å². The molecule has 2 heterocycles. The standard InChI is InChI=1S/C18H22N4O2S/c1-18(7-8-25-17(19)20-18)13-6-4-5-12(9-13)10-15(23)14-11-16(24-3)21-22(14)2/h4-6,9,11H,7-8,10H2,1-3H3,(H2,19,20)/t18-/m0/s1. The quantitative estimate of drug-likeness (QED) is 0.831. The molecule has 1 aliphatic heterocycles. The third-order valence-electron chi connectivity index (χ3n) is 4.46.